The van der Waals surface area contributed by atoms with Crippen molar-refractivity contribution in [2.24, 2.45) is 11.8 Å². The third kappa shape index (κ3) is 15.6. The van der Waals surface area contributed by atoms with Crippen molar-refractivity contribution in [3.63, 3.8) is 0 Å². The second-order valence-electron chi connectivity index (χ2n) is 6.89. The van der Waals surface area contributed by atoms with Crippen LogP contribution in [-0.4, -0.2) is 11.1 Å². The molecule has 0 aromatic carbocycles. The average Bonchev–Trinajstić information content (AvgIpc) is 2.48. The Kier molecular flexibility index (Phi) is 14.6. The number of rotatable bonds is 15. The smallest absolute Gasteiger partial charge is 0.303 e. The van der Waals surface area contributed by atoms with Crippen LogP contribution < -0.4 is 0 Å². The van der Waals surface area contributed by atoms with Gasteiger partial charge in [-0.05, 0) is 31.1 Å². The summed E-state index contributed by atoms with van der Waals surface area (Å²) in [6.45, 7) is 6.90. The molecule has 0 radical (unpaired) electrons. The second-order valence-corrected chi connectivity index (χ2v) is 6.89. The van der Waals surface area contributed by atoms with Crippen molar-refractivity contribution in [2.75, 3.05) is 0 Å². The second kappa shape index (κ2) is 15.1. The monoisotopic (exact) mass is 310 g/mol. The van der Waals surface area contributed by atoms with Crippen molar-refractivity contribution in [3.05, 3.63) is 12.2 Å². The van der Waals surface area contributed by atoms with Gasteiger partial charge in [-0.3, -0.25) is 4.79 Å². The van der Waals surface area contributed by atoms with Crippen molar-refractivity contribution in [2.45, 2.75) is 97.8 Å². The van der Waals surface area contributed by atoms with E-state index < -0.39 is 5.97 Å². The molecule has 2 unspecified atom stereocenters. The van der Waals surface area contributed by atoms with Crippen molar-refractivity contribution in [3.8, 4) is 0 Å². The summed E-state index contributed by atoms with van der Waals surface area (Å²) in [7, 11) is 0. The van der Waals surface area contributed by atoms with E-state index in [1.54, 1.807) is 0 Å². The van der Waals surface area contributed by atoms with E-state index in [1.807, 2.05) is 0 Å². The molecule has 0 rings (SSSR count). The fourth-order valence-corrected chi connectivity index (χ4v) is 2.74. The topological polar surface area (TPSA) is 37.3 Å². The SMILES string of the molecule is CCCCCCC(C)/C=C\C(C)CCCCCCCC(=O)O. The first-order valence-corrected chi connectivity index (χ1v) is 9.46. The highest BCUT2D eigenvalue weighted by molar-refractivity contribution is 5.66. The summed E-state index contributed by atoms with van der Waals surface area (Å²) >= 11 is 0. The minimum atomic E-state index is -0.664. The molecule has 2 nitrogen and oxygen atoms in total. The van der Waals surface area contributed by atoms with E-state index in [0.717, 1.165) is 18.8 Å². The summed E-state index contributed by atoms with van der Waals surface area (Å²) in [6.07, 6.45) is 18.7. The third-order valence-corrected chi connectivity index (χ3v) is 4.33. The normalized spacial score (nSPS) is 14.3. The number of hydrogen-bond acceptors (Lipinski definition) is 1. The lowest BCUT2D eigenvalue weighted by molar-refractivity contribution is -0.137. The molecule has 0 saturated heterocycles. The van der Waals surface area contributed by atoms with Gasteiger partial charge in [-0.1, -0.05) is 84.3 Å². The summed E-state index contributed by atoms with van der Waals surface area (Å²) in [5, 5.41) is 8.57. The number of allylic oxidation sites excluding steroid dienone is 2. The summed E-state index contributed by atoms with van der Waals surface area (Å²) in [5.41, 5.74) is 0. The highest BCUT2D eigenvalue weighted by atomic mass is 16.4. The zero-order chi connectivity index (χ0) is 16.6. The van der Waals surface area contributed by atoms with E-state index in [2.05, 4.69) is 32.9 Å². The molecule has 1 N–H and O–H groups in total. The molecule has 2 heteroatoms. The van der Waals surface area contributed by atoms with Gasteiger partial charge < -0.3 is 5.11 Å². The Morgan fingerprint density at radius 3 is 1.77 bits per heavy atom. The van der Waals surface area contributed by atoms with Gasteiger partial charge in [-0.2, -0.15) is 0 Å². The van der Waals surface area contributed by atoms with Gasteiger partial charge in [0.1, 0.15) is 0 Å². The molecule has 0 bridgehead atoms. The van der Waals surface area contributed by atoms with Gasteiger partial charge in [0.25, 0.3) is 0 Å². The zero-order valence-corrected chi connectivity index (χ0v) is 15.2. The number of carboxylic acids is 1. The molecular formula is C20H38O2. The molecule has 0 aliphatic rings. The number of aliphatic carboxylic acids is 1. The maximum Gasteiger partial charge on any atom is 0.303 e. The van der Waals surface area contributed by atoms with Gasteiger partial charge in [0.2, 0.25) is 0 Å². The van der Waals surface area contributed by atoms with E-state index >= 15 is 0 Å². The lowest BCUT2D eigenvalue weighted by atomic mass is 9.97. The fourth-order valence-electron chi connectivity index (χ4n) is 2.74. The van der Waals surface area contributed by atoms with Crippen LogP contribution in [-0.2, 0) is 4.79 Å². The summed E-state index contributed by atoms with van der Waals surface area (Å²) in [5.74, 6) is 0.731. The first kappa shape index (κ1) is 21.2. The van der Waals surface area contributed by atoms with E-state index in [1.165, 1.54) is 57.8 Å². The molecule has 0 saturated carbocycles. The molecule has 2 atom stereocenters. The maximum absolute atomic E-state index is 10.4. The zero-order valence-electron chi connectivity index (χ0n) is 15.2. The Bertz CT molecular complexity index is 283. The molecule has 0 aliphatic carbocycles. The predicted molar refractivity (Wildman–Crippen MR) is 96.2 cm³/mol. The molecule has 0 spiro atoms. The van der Waals surface area contributed by atoms with Crippen LogP contribution in [0.15, 0.2) is 12.2 Å². The van der Waals surface area contributed by atoms with Crippen molar-refractivity contribution in [1.29, 1.82) is 0 Å². The fraction of sp³-hybridized carbons (Fsp3) is 0.850. The van der Waals surface area contributed by atoms with Crippen LogP contribution in [0.5, 0.6) is 0 Å². The number of hydrogen-bond donors (Lipinski definition) is 1. The highest BCUT2D eigenvalue weighted by Gasteiger charge is 2.01. The summed E-state index contributed by atoms with van der Waals surface area (Å²) in [4.78, 5) is 10.4. The van der Waals surface area contributed by atoms with Gasteiger partial charge in [-0.25, -0.2) is 0 Å². The lowest BCUT2D eigenvalue weighted by Gasteiger charge is -2.09. The van der Waals surface area contributed by atoms with E-state index in [0.29, 0.717) is 12.3 Å². The van der Waals surface area contributed by atoms with E-state index in [9.17, 15) is 4.79 Å². The van der Waals surface area contributed by atoms with Crippen LogP contribution in [0.3, 0.4) is 0 Å². The minimum absolute atomic E-state index is 0.329. The van der Waals surface area contributed by atoms with Crippen LogP contribution >= 0.6 is 0 Å². The van der Waals surface area contributed by atoms with Gasteiger partial charge in [0, 0.05) is 6.42 Å². The van der Waals surface area contributed by atoms with Crippen LogP contribution in [0.2, 0.25) is 0 Å². The van der Waals surface area contributed by atoms with E-state index in [-0.39, 0.29) is 0 Å². The minimum Gasteiger partial charge on any atom is -0.481 e. The molecule has 0 aliphatic heterocycles. The van der Waals surface area contributed by atoms with Crippen LogP contribution in [0.4, 0.5) is 0 Å². The molecule has 0 aromatic heterocycles. The van der Waals surface area contributed by atoms with E-state index in [4.69, 9.17) is 5.11 Å². The van der Waals surface area contributed by atoms with Gasteiger partial charge in [0.05, 0.1) is 0 Å². The van der Waals surface area contributed by atoms with Crippen LogP contribution in [0.1, 0.15) is 97.8 Å². The number of carboxylic acid groups (broad SMARTS) is 1. The average molecular weight is 311 g/mol. The molecule has 0 amide bonds. The molecular weight excluding hydrogens is 272 g/mol. The standard InChI is InChI=1S/C20H38O2/c1-4-5-6-10-13-18(2)16-17-19(3)14-11-8-7-9-12-15-20(21)22/h16-19H,4-15H2,1-3H3,(H,21,22)/b17-16-. The predicted octanol–water partition coefficient (Wildman–Crippen LogP) is 6.60. The largest absolute Gasteiger partial charge is 0.481 e. The van der Waals surface area contributed by atoms with Gasteiger partial charge >= 0.3 is 5.97 Å². The third-order valence-electron chi connectivity index (χ3n) is 4.33. The summed E-state index contributed by atoms with van der Waals surface area (Å²) < 4.78 is 0. The maximum atomic E-state index is 10.4. The Labute approximate surface area is 138 Å². The molecule has 130 valence electrons. The molecule has 22 heavy (non-hydrogen) atoms. The molecule has 0 heterocycles. The first-order chi connectivity index (χ1) is 10.6. The molecule has 0 fully saturated rings. The molecule has 0 aromatic rings. The van der Waals surface area contributed by atoms with Crippen LogP contribution in [0, 0.1) is 11.8 Å². The van der Waals surface area contributed by atoms with Crippen molar-refractivity contribution >= 4 is 5.97 Å². The van der Waals surface area contributed by atoms with Crippen molar-refractivity contribution < 1.29 is 9.90 Å². The van der Waals surface area contributed by atoms with Crippen LogP contribution in [0.25, 0.3) is 0 Å². The Morgan fingerprint density at radius 1 is 0.818 bits per heavy atom. The van der Waals surface area contributed by atoms with Crippen molar-refractivity contribution in [1.82, 2.24) is 0 Å². The summed E-state index contributed by atoms with van der Waals surface area (Å²) in [6, 6.07) is 0. The Hall–Kier alpha value is -0.790. The first-order valence-electron chi connectivity index (χ1n) is 9.46. The number of unbranched alkanes of at least 4 members (excludes halogenated alkanes) is 7. The van der Waals surface area contributed by atoms with Gasteiger partial charge in [-0.15, -0.1) is 0 Å². The van der Waals surface area contributed by atoms with Gasteiger partial charge in [0.15, 0.2) is 0 Å². The Balaban J connectivity index is 3.49. The highest BCUT2D eigenvalue weighted by Crippen LogP contribution is 2.16. The number of carbonyl (C=O) groups is 1. The Morgan fingerprint density at radius 2 is 1.27 bits per heavy atom. The quantitative estimate of drug-likeness (QED) is 0.273. The lowest BCUT2D eigenvalue weighted by Crippen LogP contribution is -1.95.